The Hall–Kier alpha value is -3.37. The fourth-order valence-electron chi connectivity index (χ4n) is 3.19. The van der Waals surface area contributed by atoms with Gasteiger partial charge in [0.1, 0.15) is 0 Å². The normalized spacial score (nSPS) is 10.7. The molecule has 0 unspecified atom stereocenters. The number of fused-ring (bicyclic) bond motifs is 2. The highest BCUT2D eigenvalue weighted by molar-refractivity contribution is 6.68. The lowest BCUT2D eigenvalue weighted by Gasteiger charge is -2.21. The van der Waals surface area contributed by atoms with Crippen LogP contribution in [0.2, 0.25) is 0 Å². The summed E-state index contributed by atoms with van der Waals surface area (Å²) in [6.07, 6.45) is 0. The first-order valence-electron chi connectivity index (χ1n) is 8.41. The Kier molecular flexibility index (Phi) is 4.48. The molecule has 3 amide bonds. The number of nitrogens with zero attached hydrogens (tertiary/aromatic N) is 1. The van der Waals surface area contributed by atoms with Gasteiger partial charge in [-0.15, -0.1) is 0 Å². The molecule has 4 nitrogen and oxygen atoms in total. The summed E-state index contributed by atoms with van der Waals surface area (Å²) in [5.41, 5.74) is 1.05. The maximum atomic E-state index is 13.0. The van der Waals surface area contributed by atoms with Crippen molar-refractivity contribution in [3.63, 3.8) is 0 Å². The van der Waals surface area contributed by atoms with E-state index in [0.29, 0.717) is 11.4 Å². The lowest BCUT2D eigenvalue weighted by molar-refractivity contribution is 0.250. The molecule has 0 saturated carbocycles. The van der Waals surface area contributed by atoms with Crippen molar-refractivity contribution < 1.29 is 9.59 Å². The fraction of sp³-hybridized carbons (Fsp3) is 0. The average Bonchev–Trinajstić information content (AvgIpc) is 2.68. The van der Waals surface area contributed by atoms with Crippen LogP contribution >= 0.6 is 11.6 Å². The summed E-state index contributed by atoms with van der Waals surface area (Å²) in [7, 11) is 0. The van der Waals surface area contributed by atoms with Crippen molar-refractivity contribution >= 4 is 55.9 Å². The summed E-state index contributed by atoms with van der Waals surface area (Å²) >= 11 is 5.78. The summed E-state index contributed by atoms with van der Waals surface area (Å²) < 4.78 is 0. The predicted octanol–water partition coefficient (Wildman–Crippen LogP) is 6.39. The summed E-state index contributed by atoms with van der Waals surface area (Å²) in [5, 5.41) is 5.49. The molecule has 0 aromatic heterocycles. The molecular formula is C22H15ClN2O2. The third kappa shape index (κ3) is 3.23. The number of hydrogen-bond donors (Lipinski definition) is 1. The van der Waals surface area contributed by atoms with E-state index in [-0.39, 0.29) is 0 Å². The van der Waals surface area contributed by atoms with Crippen molar-refractivity contribution in [1.82, 2.24) is 0 Å². The number of imide groups is 1. The average molecular weight is 375 g/mol. The minimum absolute atomic E-state index is 0.436. The number of benzene rings is 4. The number of anilines is 2. The molecule has 0 heterocycles. The van der Waals surface area contributed by atoms with Gasteiger partial charge in [-0.25, -0.2) is 9.69 Å². The molecule has 4 aromatic carbocycles. The molecule has 5 heteroatoms. The molecule has 0 bridgehead atoms. The molecule has 4 rings (SSSR count). The Morgan fingerprint density at radius 2 is 1.26 bits per heavy atom. The van der Waals surface area contributed by atoms with Crippen molar-refractivity contribution in [3.05, 3.63) is 84.9 Å². The molecule has 0 saturated heterocycles. The number of nitrogens with one attached hydrogen (secondary N) is 1. The van der Waals surface area contributed by atoms with E-state index in [0.717, 1.165) is 26.4 Å². The summed E-state index contributed by atoms with van der Waals surface area (Å²) in [6.45, 7) is 0. The number of rotatable bonds is 2. The van der Waals surface area contributed by atoms with Gasteiger partial charge in [-0.05, 0) is 34.5 Å². The Labute approximate surface area is 161 Å². The number of carbonyl (C=O) groups excluding carboxylic acids is 2. The fourth-order valence-corrected chi connectivity index (χ4v) is 3.36. The first kappa shape index (κ1) is 17.1. The lowest BCUT2D eigenvalue weighted by atomic mass is 10.1. The van der Waals surface area contributed by atoms with E-state index in [1.54, 1.807) is 18.2 Å². The van der Waals surface area contributed by atoms with Crippen LogP contribution in [0, 0.1) is 0 Å². The van der Waals surface area contributed by atoms with Gasteiger partial charge in [0.25, 0.3) is 0 Å². The molecule has 27 heavy (non-hydrogen) atoms. The molecule has 0 aliphatic carbocycles. The minimum atomic E-state index is -0.871. The Morgan fingerprint density at radius 3 is 1.96 bits per heavy atom. The van der Waals surface area contributed by atoms with Gasteiger partial charge in [-0.2, -0.15) is 0 Å². The van der Waals surface area contributed by atoms with Gasteiger partial charge in [0.2, 0.25) is 0 Å². The van der Waals surface area contributed by atoms with Crippen LogP contribution < -0.4 is 10.2 Å². The molecular weight excluding hydrogens is 360 g/mol. The van der Waals surface area contributed by atoms with Crippen molar-refractivity contribution in [3.8, 4) is 0 Å². The van der Waals surface area contributed by atoms with Crippen LogP contribution in [0.3, 0.4) is 0 Å². The Balaban J connectivity index is 1.76. The van der Waals surface area contributed by atoms with Crippen LogP contribution in [0.15, 0.2) is 84.9 Å². The number of hydrogen-bond acceptors (Lipinski definition) is 2. The van der Waals surface area contributed by atoms with Crippen LogP contribution in [0.4, 0.5) is 21.0 Å². The van der Waals surface area contributed by atoms with Crippen LogP contribution in [0.25, 0.3) is 21.5 Å². The number of urea groups is 1. The lowest BCUT2D eigenvalue weighted by Crippen LogP contribution is -2.37. The number of halogens is 1. The highest BCUT2D eigenvalue weighted by atomic mass is 35.5. The zero-order chi connectivity index (χ0) is 18.8. The topological polar surface area (TPSA) is 49.4 Å². The van der Waals surface area contributed by atoms with Crippen LogP contribution in [0.1, 0.15) is 0 Å². The molecule has 1 N–H and O–H groups in total. The molecule has 0 fully saturated rings. The van der Waals surface area contributed by atoms with Gasteiger partial charge in [-0.3, -0.25) is 4.79 Å². The van der Waals surface area contributed by atoms with E-state index in [9.17, 15) is 9.59 Å². The third-order valence-corrected chi connectivity index (χ3v) is 4.59. The smallest absolute Gasteiger partial charge is 0.307 e. The maximum Gasteiger partial charge on any atom is 0.334 e. The zero-order valence-electron chi connectivity index (χ0n) is 14.2. The van der Waals surface area contributed by atoms with Gasteiger partial charge in [-0.1, -0.05) is 72.8 Å². The van der Waals surface area contributed by atoms with E-state index in [1.807, 2.05) is 66.7 Å². The van der Waals surface area contributed by atoms with Crippen LogP contribution in [0.5, 0.6) is 0 Å². The molecule has 0 atom stereocenters. The van der Waals surface area contributed by atoms with Crippen LogP contribution in [-0.4, -0.2) is 11.4 Å². The van der Waals surface area contributed by atoms with E-state index < -0.39 is 11.4 Å². The summed E-state index contributed by atoms with van der Waals surface area (Å²) in [4.78, 5) is 26.0. The summed E-state index contributed by atoms with van der Waals surface area (Å²) in [6, 6.07) is 25.6. The maximum absolute atomic E-state index is 13.0. The van der Waals surface area contributed by atoms with E-state index in [1.165, 1.54) is 0 Å². The number of amides is 3. The number of carbonyl (C=O) groups is 2. The van der Waals surface area contributed by atoms with Gasteiger partial charge < -0.3 is 5.32 Å². The highest BCUT2D eigenvalue weighted by Gasteiger charge is 2.24. The third-order valence-electron chi connectivity index (χ3n) is 4.42. The monoisotopic (exact) mass is 374 g/mol. The summed E-state index contributed by atoms with van der Waals surface area (Å²) in [5.74, 6) is 0. The van der Waals surface area contributed by atoms with E-state index >= 15 is 0 Å². The highest BCUT2D eigenvalue weighted by Crippen LogP contribution is 2.29. The van der Waals surface area contributed by atoms with Gasteiger partial charge in [0.15, 0.2) is 0 Å². The van der Waals surface area contributed by atoms with Crippen molar-refractivity contribution in [2.75, 3.05) is 10.2 Å². The van der Waals surface area contributed by atoms with Gasteiger partial charge in [0, 0.05) is 10.8 Å². The molecule has 0 aliphatic heterocycles. The first-order valence-corrected chi connectivity index (χ1v) is 8.79. The van der Waals surface area contributed by atoms with E-state index in [2.05, 4.69) is 5.32 Å². The van der Waals surface area contributed by atoms with Crippen molar-refractivity contribution in [2.24, 2.45) is 0 Å². The van der Waals surface area contributed by atoms with Gasteiger partial charge >= 0.3 is 11.4 Å². The van der Waals surface area contributed by atoms with Gasteiger partial charge in [0.05, 0.1) is 11.4 Å². The second-order valence-electron chi connectivity index (χ2n) is 6.04. The largest absolute Gasteiger partial charge is 0.334 e. The molecule has 0 spiro atoms. The second-order valence-corrected chi connectivity index (χ2v) is 6.37. The SMILES string of the molecule is O=C(Cl)N(C(=O)Nc1cccc2ccccc12)c1cccc2ccccc12. The quantitative estimate of drug-likeness (QED) is 0.326. The standard InChI is InChI=1S/C22H15ClN2O2/c23-21(26)25(20-14-6-10-16-8-2-4-12-18(16)20)22(27)24-19-13-5-9-15-7-1-3-11-17(15)19/h1-14H,(H,24,27). The van der Waals surface area contributed by atoms with Crippen molar-refractivity contribution in [2.45, 2.75) is 0 Å². The Bertz CT molecular complexity index is 1160. The molecule has 0 aliphatic rings. The first-order chi connectivity index (χ1) is 13.1. The predicted molar refractivity (Wildman–Crippen MR) is 111 cm³/mol. The molecule has 0 radical (unpaired) electrons. The minimum Gasteiger partial charge on any atom is -0.307 e. The van der Waals surface area contributed by atoms with E-state index in [4.69, 9.17) is 11.6 Å². The second kappa shape index (κ2) is 7.09. The Morgan fingerprint density at radius 1 is 0.704 bits per heavy atom. The van der Waals surface area contributed by atoms with Crippen LogP contribution in [-0.2, 0) is 0 Å². The van der Waals surface area contributed by atoms with Crippen molar-refractivity contribution in [1.29, 1.82) is 0 Å². The molecule has 132 valence electrons. The zero-order valence-corrected chi connectivity index (χ0v) is 15.0. The molecule has 4 aromatic rings.